The maximum Gasteiger partial charge on any atom is 0.321 e. The molecular formula is C13H23F2NO4S. The number of carboxylic acids is 1. The van der Waals surface area contributed by atoms with E-state index >= 15 is 0 Å². The maximum absolute atomic E-state index is 13.7. The normalized spacial score (nSPS) is 23.7. The summed E-state index contributed by atoms with van der Waals surface area (Å²) in [5, 5.41) is 9.00. The molecule has 0 bridgehead atoms. The van der Waals surface area contributed by atoms with Crippen LogP contribution in [0.25, 0.3) is 0 Å². The van der Waals surface area contributed by atoms with Gasteiger partial charge in [-0.25, -0.2) is 21.9 Å². The van der Waals surface area contributed by atoms with Crippen LogP contribution in [0.2, 0.25) is 0 Å². The van der Waals surface area contributed by atoms with Gasteiger partial charge in [0.15, 0.2) is 0 Å². The molecule has 8 heteroatoms. The highest BCUT2D eigenvalue weighted by atomic mass is 32.2. The molecule has 2 N–H and O–H groups in total. The molecule has 1 saturated carbocycles. The predicted octanol–water partition coefficient (Wildman–Crippen LogP) is 2.37. The third kappa shape index (κ3) is 5.86. The fourth-order valence-corrected chi connectivity index (χ4v) is 4.23. The standard InChI is InChI=1S/C13H23F2NO4S/c1-2-3-7-11(12(17)18)16-21(19,20)9-10-6-4-5-8-13(10,14)15/h10-11,16H,2-9H2,1H3,(H,17,18)/t10?,11-/m0/s1. The molecule has 21 heavy (non-hydrogen) atoms. The highest BCUT2D eigenvalue weighted by Crippen LogP contribution is 2.38. The summed E-state index contributed by atoms with van der Waals surface area (Å²) in [5.41, 5.74) is 0. The molecule has 2 atom stereocenters. The number of nitrogens with one attached hydrogen (secondary N) is 1. The highest BCUT2D eigenvalue weighted by Gasteiger charge is 2.43. The number of aliphatic carboxylic acids is 1. The molecule has 1 aliphatic rings. The number of alkyl halides is 2. The lowest BCUT2D eigenvalue weighted by atomic mass is 9.87. The largest absolute Gasteiger partial charge is 0.480 e. The highest BCUT2D eigenvalue weighted by molar-refractivity contribution is 7.89. The quantitative estimate of drug-likeness (QED) is 0.717. The van der Waals surface area contributed by atoms with Gasteiger partial charge in [0.2, 0.25) is 10.0 Å². The third-order valence-electron chi connectivity index (χ3n) is 3.80. The summed E-state index contributed by atoms with van der Waals surface area (Å²) in [4.78, 5) is 11.0. The lowest BCUT2D eigenvalue weighted by Gasteiger charge is -2.31. The second kappa shape index (κ2) is 7.49. The average molecular weight is 327 g/mol. The van der Waals surface area contributed by atoms with Gasteiger partial charge >= 0.3 is 5.97 Å². The molecule has 0 spiro atoms. The fourth-order valence-electron chi connectivity index (χ4n) is 2.54. The van der Waals surface area contributed by atoms with Crippen LogP contribution in [0.4, 0.5) is 8.78 Å². The number of unbranched alkanes of at least 4 members (excludes halogenated alkanes) is 1. The molecule has 1 rings (SSSR count). The van der Waals surface area contributed by atoms with E-state index < -0.39 is 39.6 Å². The molecule has 1 fully saturated rings. The maximum atomic E-state index is 13.7. The number of sulfonamides is 1. The Morgan fingerprint density at radius 3 is 2.62 bits per heavy atom. The van der Waals surface area contributed by atoms with Crippen molar-refractivity contribution in [3.8, 4) is 0 Å². The monoisotopic (exact) mass is 327 g/mol. The van der Waals surface area contributed by atoms with Gasteiger partial charge in [0.05, 0.1) is 5.75 Å². The predicted molar refractivity (Wildman–Crippen MR) is 74.8 cm³/mol. The Hall–Kier alpha value is -0.760. The number of halogens is 2. The molecule has 1 unspecified atom stereocenters. The first kappa shape index (κ1) is 18.3. The molecule has 0 radical (unpaired) electrons. The average Bonchev–Trinajstić information content (AvgIpc) is 2.36. The molecule has 1 aliphatic carbocycles. The molecule has 0 aromatic heterocycles. The summed E-state index contributed by atoms with van der Waals surface area (Å²) >= 11 is 0. The SMILES string of the molecule is CCCC[C@H](NS(=O)(=O)CC1CCCCC1(F)F)C(=O)O. The summed E-state index contributed by atoms with van der Waals surface area (Å²) in [5.74, 6) is -6.21. The Morgan fingerprint density at radius 1 is 1.43 bits per heavy atom. The Balaban J connectivity index is 2.69. The van der Waals surface area contributed by atoms with Crippen molar-refractivity contribution in [1.82, 2.24) is 4.72 Å². The third-order valence-corrected chi connectivity index (χ3v) is 5.28. The van der Waals surface area contributed by atoms with Gasteiger partial charge in [0, 0.05) is 12.3 Å². The van der Waals surface area contributed by atoms with Crippen LogP contribution < -0.4 is 4.72 Å². The zero-order valence-electron chi connectivity index (χ0n) is 12.1. The van der Waals surface area contributed by atoms with Gasteiger partial charge in [-0.3, -0.25) is 4.79 Å². The molecule has 5 nitrogen and oxygen atoms in total. The van der Waals surface area contributed by atoms with Crippen molar-refractivity contribution < 1.29 is 27.1 Å². The van der Waals surface area contributed by atoms with Crippen molar-refractivity contribution >= 4 is 16.0 Å². The summed E-state index contributed by atoms with van der Waals surface area (Å²) in [6.45, 7) is 1.86. The zero-order valence-corrected chi connectivity index (χ0v) is 13.0. The minimum Gasteiger partial charge on any atom is -0.480 e. The number of carboxylic acid groups (broad SMARTS) is 1. The first-order chi connectivity index (χ1) is 9.68. The zero-order chi connectivity index (χ0) is 16.1. The van der Waals surface area contributed by atoms with E-state index in [-0.39, 0.29) is 19.3 Å². The second-order valence-corrected chi connectivity index (χ2v) is 7.43. The van der Waals surface area contributed by atoms with E-state index in [2.05, 4.69) is 4.72 Å². The number of rotatable bonds is 8. The van der Waals surface area contributed by atoms with Crippen LogP contribution in [0.3, 0.4) is 0 Å². The van der Waals surface area contributed by atoms with Gasteiger partial charge in [-0.2, -0.15) is 0 Å². The van der Waals surface area contributed by atoms with Crippen LogP contribution in [0.1, 0.15) is 51.9 Å². The van der Waals surface area contributed by atoms with E-state index in [9.17, 15) is 22.0 Å². The number of carbonyl (C=O) groups is 1. The lowest BCUT2D eigenvalue weighted by molar-refractivity contribution is -0.139. The second-order valence-electron chi connectivity index (χ2n) is 5.64. The van der Waals surface area contributed by atoms with E-state index in [1.54, 1.807) is 0 Å². The summed E-state index contributed by atoms with van der Waals surface area (Å²) in [6, 6.07) is -1.24. The Bertz CT molecular complexity index is 453. The number of hydrogen-bond acceptors (Lipinski definition) is 3. The van der Waals surface area contributed by atoms with Crippen molar-refractivity contribution in [2.24, 2.45) is 5.92 Å². The molecule has 0 amide bonds. The van der Waals surface area contributed by atoms with E-state index in [0.717, 1.165) is 6.42 Å². The van der Waals surface area contributed by atoms with Gasteiger partial charge in [-0.05, 0) is 19.3 Å². The smallest absolute Gasteiger partial charge is 0.321 e. The fraction of sp³-hybridized carbons (Fsp3) is 0.923. The minimum absolute atomic E-state index is 0.153. The van der Waals surface area contributed by atoms with Crippen LogP contribution in [-0.2, 0) is 14.8 Å². The van der Waals surface area contributed by atoms with Crippen LogP contribution in [0, 0.1) is 5.92 Å². The van der Waals surface area contributed by atoms with Crippen molar-refractivity contribution in [3.63, 3.8) is 0 Å². The van der Waals surface area contributed by atoms with Crippen LogP contribution in [0.15, 0.2) is 0 Å². The molecule has 0 aliphatic heterocycles. The van der Waals surface area contributed by atoms with Gasteiger partial charge in [-0.15, -0.1) is 0 Å². The van der Waals surface area contributed by atoms with E-state index in [1.165, 1.54) is 0 Å². The van der Waals surface area contributed by atoms with E-state index in [4.69, 9.17) is 5.11 Å². The molecule has 0 heterocycles. The Kier molecular flexibility index (Phi) is 6.52. The molecule has 124 valence electrons. The van der Waals surface area contributed by atoms with E-state index in [0.29, 0.717) is 19.3 Å². The summed E-state index contributed by atoms with van der Waals surface area (Å²) in [6.07, 6.45) is 2.27. The van der Waals surface area contributed by atoms with Crippen LogP contribution in [0.5, 0.6) is 0 Å². The molecule has 0 aromatic carbocycles. The number of hydrogen-bond donors (Lipinski definition) is 2. The van der Waals surface area contributed by atoms with Crippen molar-refractivity contribution in [3.05, 3.63) is 0 Å². The van der Waals surface area contributed by atoms with Crippen molar-refractivity contribution in [1.29, 1.82) is 0 Å². The van der Waals surface area contributed by atoms with Crippen LogP contribution in [-0.4, -0.2) is 37.2 Å². The Labute approximate surface area is 124 Å². The summed E-state index contributed by atoms with van der Waals surface area (Å²) < 4.78 is 53.3. The van der Waals surface area contributed by atoms with Gasteiger partial charge < -0.3 is 5.11 Å². The van der Waals surface area contributed by atoms with Crippen molar-refractivity contribution in [2.45, 2.75) is 63.8 Å². The topological polar surface area (TPSA) is 83.5 Å². The summed E-state index contributed by atoms with van der Waals surface area (Å²) in [7, 11) is -4.04. The van der Waals surface area contributed by atoms with Gasteiger partial charge in [-0.1, -0.05) is 26.2 Å². The van der Waals surface area contributed by atoms with Gasteiger partial charge in [0.25, 0.3) is 5.92 Å². The Morgan fingerprint density at radius 2 is 2.10 bits per heavy atom. The van der Waals surface area contributed by atoms with Crippen LogP contribution >= 0.6 is 0 Å². The van der Waals surface area contributed by atoms with Gasteiger partial charge in [0.1, 0.15) is 6.04 Å². The lowest BCUT2D eigenvalue weighted by Crippen LogP contribution is -2.45. The first-order valence-corrected chi connectivity index (χ1v) is 8.94. The van der Waals surface area contributed by atoms with E-state index in [1.807, 2.05) is 6.92 Å². The molecule has 0 saturated heterocycles. The molecular weight excluding hydrogens is 304 g/mol. The molecule has 0 aromatic rings. The minimum atomic E-state index is -4.04. The van der Waals surface area contributed by atoms with Crippen molar-refractivity contribution in [2.75, 3.05) is 5.75 Å². The first-order valence-electron chi connectivity index (χ1n) is 7.28.